The van der Waals surface area contributed by atoms with Gasteiger partial charge in [0.05, 0.1) is 12.7 Å². The maximum absolute atomic E-state index is 9.34. The first-order valence-corrected chi connectivity index (χ1v) is 7.68. The van der Waals surface area contributed by atoms with Crippen molar-refractivity contribution in [3.8, 4) is 5.75 Å². The molecule has 2 heteroatoms. The monoisotopic (exact) mass is 284 g/mol. The molecule has 0 aliphatic carbocycles. The Morgan fingerprint density at radius 1 is 0.905 bits per heavy atom. The SMILES string of the molecule is CC(O)Cc1ccc(OCCCCc2ccccc2)cc1. The van der Waals surface area contributed by atoms with Crippen LogP contribution in [0.1, 0.15) is 30.9 Å². The Hall–Kier alpha value is -1.80. The molecule has 21 heavy (non-hydrogen) atoms. The number of aliphatic hydroxyl groups excluding tert-OH is 1. The summed E-state index contributed by atoms with van der Waals surface area (Å²) in [5.41, 5.74) is 2.53. The lowest BCUT2D eigenvalue weighted by Crippen LogP contribution is -2.04. The lowest BCUT2D eigenvalue weighted by Gasteiger charge is -2.08. The zero-order valence-electron chi connectivity index (χ0n) is 12.7. The number of rotatable bonds is 8. The summed E-state index contributed by atoms with van der Waals surface area (Å²) in [5, 5.41) is 9.34. The van der Waals surface area contributed by atoms with E-state index in [-0.39, 0.29) is 6.10 Å². The fourth-order valence-corrected chi connectivity index (χ4v) is 2.33. The van der Waals surface area contributed by atoms with Crippen LogP contribution in [0.25, 0.3) is 0 Å². The summed E-state index contributed by atoms with van der Waals surface area (Å²) in [4.78, 5) is 0. The van der Waals surface area contributed by atoms with Gasteiger partial charge < -0.3 is 9.84 Å². The van der Waals surface area contributed by atoms with Crippen LogP contribution in [0.15, 0.2) is 54.6 Å². The maximum atomic E-state index is 9.34. The number of unbranched alkanes of at least 4 members (excludes halogenated alkanes) is 1. The molecule has 2 rings (SSSR count). The molecule has 0 amide bonds. The smallest absolute Gasteiger partial charge is 0.119 e. The highest BCUT2D eigenvalue weighted by molar-refractivity contribution is 5.27. The quantitative estimate of drug-likeness (QED) is 0.742. The molecule has 2 aromatic rings. The Morgan fingerprint density at radius 3 is 2.29 bits per heavy atom. The number of aliphatic hydroxyl groups is 1. The van der Waals surface area contributed by atoms with Gasteiger partial charge in [-0.15, -0.1) is 0 Å². The lowest BCUT2D eigenvalue weighted by molar-refractivity contribution is 0.195. The molecule has 0 bridgehead atoms. The molecule has 0 fully saturated rings. The fraction of sp³-hybridized carbons (Fsp3) is 0.368. The van der Waals surface area contributed by atoms with Gasteiger partial charge in [0.2, 0.25) is 0 Å². The summed E-state index contributed by atoms with van der Waals surface area (Å²) < 4.78 is 5.74. The summed E-state index contributed by atoms with van der Waals surface area (Å²) >= 11 is 0. The van der Waals surface area contributed by atoms with Gasteiger partial charge in [0.1, 0.15) is 5.75 Å². The van der Waals surface area contributed by atoms with Crippen molar-refractivity contribution >= 4 is 0 Å². The van der Waals surface area contributed by atoms with E-state index in [2.05, 4.69) is 24.3 Å². The van der Waals surface area contributed by atoms with Crippen LogP contribution in [0.3, 0.4) is 0 Å². The van der Waals surface area contributed by atoms with Crippen LogP contribution in [0.5, 0.6) is 5.75 Å². The molecule has 0 saturated heterocycles. The van der Waals surface area contributed by atoms with Crippen molar-refractivity contribution in [3.05, 3.63) is 65.7 Å². The third-order valence-electron chi connectivity index (χ3n) is 3.43. The van der Waals surface area contributed by atoms with Crippen molar-refractivity contribution in [2.75, 3.05) is 6.61 Å². The molecule has 1 N–H and O–H groups in total. The highest BCUT2D eigenvalue weighted by atomic mass is 16.5. The minimum absolute atomic E-state index is 0.297. The van der Waals surface area contributed by atoms with Crippen LogP contribution in [-0.2, 0) is 12.8 Å². The third kappa shape index (κ3) is 6.01. The molecule has 0 spiro atoms. The van der Waals surface area contributed by atoms with Crippen molar-refractivity contribution < 1.29 is 9.84 Å². The summed E-state index contributed by atoms with van der Waals surface area (Å²) in [6.07, 6.45) is 3.71. The van der Waals surface area contributed by atoms with Crippen LogP contribution in [0.2, 0.25) is 0 Å². The molecule has 2 aromatic carbocycles. The van der Waals surface area contributed by atoms with E-state index in [0.717, 1.165) is 37.2 Å². The Labute approximate surface area is 127 Å². The van der Waals surface area contributed by atoms with E-state index in [1.54, 1.807) is 6.92 Å². The van der Waals surface area contributed by atoms with E-state index in [0.29, 0.717) is 6.42 Å². The summed E-state index contributed by atoms with van der Waals surface area (Å²) in [5.74, 6) is 0.907. The molecule has 0 heterocycles. The first-order chi connectivity index (χ1) is 10.2. The normalized spacial score (nSPS) is 12.1. The zero-order chi connectivity index (χ0) is 14.9. The molecule has 2 nitrogen and oxygen atoms in total. The minimum atomic E-state index is -0.297. The fourth-order valence-electron chi connectivity index (χ4n) is 2.33. The topological polar surface area (TPSA) is 29.5 Å². The molecule has 1 atom stereocenters. The van der Waals surface area contributed by atoms with E-state index in [1.807, 2.05) is 30.3 Å². The molecule has 0 radical (unpaired) electrons. The van der Waals surface area contributed by atoms with Gasteiger partial charge in [-0.05, 0) is 55.9 Å². The van der Waals surface area contributed by atoms with Gasteiger partial charge >= 0.3 is 0 Å². The van der Waals surface area contributed by atoms with E-state index in [1.165, 1.54) is 5.56 Å². The number of hydrogen-bond acceptors (Lipinski definition) is 2. The molecule has 112 valence electrons. The van der Waals surface area contributed by atoms with Crippen molar-refractivity contribution in [3.63, 3.8) is 0 Å². The van der Waals surface area contributed by atoms with Crippen molar-refractivity contribution in [2.24, 2.45) is 0 Å². The minimum Gasteiger partial charge on any atom is -0.494 e. The first kappa shape index (κ1) is 15.6. The highest BCUT2D eigenvalue weighted by Gasteiger charge is 2.00. The number of ether oxygens (including phenoxy) is 1. The van der Waals surface area contributed by atoms with Gasteiger partial charge in [-0.1, -0.05) is 42.5 Å². The van der Waals surface area contributed by atoms with E-state index < -0.39 is 0 Å². The summed E-state index contributed by atoms with van der Waals surface area (Å²) in [6.45, 7) is 2.56. The van der Waals surface area contributed by atoms with E-state index >= 15 is 0 Å². The number of hydrogen-bond donors (Lipinski definition) is 1. The van der Waals surface area contributed by atoms with Gasteiger partial charge in [-0.3, -0.25) is 0 Å². The number of aryl methyl sites for hydroxylation is 1. The number of benzene rings is 2. The molecular weight excluding hydrogens is 260 g/mol. The molecule has 0 aromatic heterocycles. The van der Waals surface area contributed by atoms with Crippen LogP contribution in [0, 0.1) is 0 Å². The Bertz CT molecular complexity index is 503. The van der Waals surface area contributed by atoms with Crippen molar-refractivity contribution in [1.29, 1.82) is 0 Å². The van der Waals surface area contributed by atoms with Crippen molar-refractivity contribution in [1.82, 2.24) is 0 Å². The molecule has 0 aliphatic heterocycles. The molecule has 0 saturated carbocycles. The average Bonchev–Trinajstić information content (AvgIpc) is 2.49. The molecule has 0 aliphatic rings. The van der Waals surface area contributed by atoms with E-state index in [4.69, 9.17) is 4.74 Å². The highest BCUT2D eigenvalue weighted by Crippen LogP contribution is 2.14. The second-order valence-corrected chi connectivity index (χ2v) is 5.49. The maximum Gasteiger partial charge on any atom is 0.119 e. The predicted molar refractivity (Wildman–Crippen MR) is 86.7 cm³/mol. The standard InChI is InChI=1S/C19H24O2/c1-16(20)15-18-10-12-19(13-11-18)21-14-6-5-9-17-7-3-2-4-8-17/h2-4,7-8,10-13,16,20H,5-6,9,14-15H2,1H3. The van der Waals surface area contributed by atoms with Gasteiger partial charge in [-0.25, -0.2) is 0 Å². The van der Waals surface area contributed by atoms with Crippen LogP contribution >= 0.6 is 0 Å². The second kappa shape index (κ2) is 8.48. The average molecular weight is 284 g/mol. The second-order valence-electron chi connectivity index (χ2n) is 5.49. The molecule has 1 unspecified atom stereocenters. The lowest BCUT2D eigenvalue weighted by atomic mass is 10.1. The van der Waals surface area contributed by atoms with E-state index in [9.17, 15) is 5.11 Å². The van der Waals surface area contributed by atoms with Gasteiger partial charge in [0.25, 0.3) is 0 Å². The Balaban J connectivity index is 1.64. The Kier molecular flexibility index (Phi) is 6.29. The van der Waals surface area contributed by atoms with Crippen LogP contribution in [0.4, 0.5) is 0 Å². The van der Waals surface area contributed by atoms with Crippen molar-refractivity contribution in [2.45, 2.75) is 38.7 Å². The first-order valence-electron chi connectivity index (χ1n) is 7.68. The van der Waals surface area contributed by atoms with Gasteiger partial charge in [0.15, 0.2) is 0 Å². The zero-order valence-corrected chi connectivity index (χ0v) is 12.7. The third-order valence-corrected chi connectivity index (χ3v) is 3.43. The van der Waals surface area contributed by atoms with Crippen LogP contribution in [-0.4, -0.2) is 17.8 Å². The summed E-state index contributed by atoms with van der Waals surface area (Å²) in [6, 6.07) is 18.6. The molecular formula is C19H24O2. The summed E-state index contributed by atoms with van der Waals surface area (Å²) in [7, 11) is 0. The predicted octanol–water partition coefficient (Wildman–Crippen LogP) is 4.01. The van der Waals surface area contributed by atoms with Gasteiger partial charge in [-0.2, -0.15) is 0 Å². The Morgan fingerprint density at radius 2 is 1.62 bits per heavy atom. The van der Waals surface area contributed by atoms with Crippen LogP contribution < -0.4 is 4.74 Å². The largest absolute Gasteiger partial charge is 0.494 e. The van der Waals surface area contributed by atoms with Gasteiger partial charge in [0, 0.05) is 0 Å².